The van der Waals surface area contributed by atoms with Crippen molar-refractivity contribution in [2.75, 3.05) is 0 Å². The summed E-state index contributed by atoms with van der Waals surface area (Å²) >= 11 is 5.93. The molecule has 33 heavy (non-hydrogen) atoms. The first-order chi connectivity index (χ1) is 15.9. The third kappa shape index (κ3) is 4.72. The van der Waals surface area contributed by atoms with E-state index in [1.54, 1.807) is 0 Å². The molecule has 0 saturated heterocycles. The van der Waals surface area contributed by atoms with Crippen LogP contribution in [0.3, 0.4) is 0 Å². The predicted octanol–water partition coefficient (Wildman–Crippen LogP) is 3.69. The van der Waals surface area contributed by atoms with E-state index in [-0.39, 0.29) is 34.4 Å². The average Bonchev–Trinajstić information content (AvgIpc) is 3.41. The number of benzene rings is 1. The highest BCUT2D eigenvalue weighted by atomic mass is 35.5. The van der Waals surface area contributed by atoms with Crippen molar-refractivity contribution in [2.24, 2.45) is 0 Å². The minimum Gasteiger partial charge on any atom is -0.334 e. The van der Waals surface area contributed by atoms with E-state index in [9.17, 15) is 18.4 Å². The van der Waals surface area contributed by atoms with Crippen molar-refractivity contribution in [2.45, 2.75) is 52.1 Å². The smallest absolute Gasteiger partial charge is 0.332 e. The number of halogens is 3. The van der Waals surface area contributed by atoms with Crippen molar-refractivity contribution in [1.29, 1.82) is 0 Å². The molecular formula is C21H21ClF2N6O3. The number of aryl methyl sites for hydroxylation is 2. The number of nitrogens with one attached hydrogen (secondary N) is 1. The Morgan fingerprint density at radius 2 is 1.88 bits per heavy atom. The molecule has 0 spiro atoms. The zero-order valence-electron chi connectivity index (χ0n) is 17.8. The minimum atomic E-state index is -0.667. The molecular weight excluding hydrogens is 458 g/mol. The highest BCUT2D eigenvalue weighted by Crippen LogP contribution is 2.22. The molecule has 3 heterocycles. The van der Waals surface area contributed by atoms with Gasteiger partial charge < -0.3 is 9.51 Å². The number of hydrogen-bond acceptors (Lipinski definition) is 6. The predicted molar refractivity (Wildman–Crippen MR) is 117 cm³/mol. The first-order valence-corrected chi connectivity index (χ1v) is 10.9. The van der Waals surface area contributed by atoms with E-state index in [2.05, 4.69) is 20.1 Å². The lowest BCUT2D eigenvalue weighted by Crippen LogP contribution is -2.40. The molecule has 1 N–H and O–H groups in total. The van der Waals surface area contributed by atoms with Crippen molar-refractivity contribution in [3.05, 3.63) is 61.8 Å². The highest BCUT2D eigenvalue weighted by molar-refractivity contribution is 6.28. The molecule has 12 heteroatoms. The maximum absolute atomic E-state index is 13.9. The maximum Gasteiger partial charge on any atom is 0.332 e. The molecule has 0 aliphatic heterocycles. The molecule has 174 valence electrons. The second-order valence-corrected chi connectivity index (χ2v) is 7.93. The molecule has 0 atom stereocenters. The van der Waals surface area contributed by atoms with E-state index in [1.807, 2.05) is 6.92 Å². The van der Waals surface area contributed by atoms with E-state index in [0.29, 0.717) is 31.6 Å². The van der Waals surface area contributed by atoms with Crippen LogP contribution in [0.15, 0.2) is 32.3 Å². The van der Waals surface area contributed by atoms with Gasteiger partial charge in [0.1, 0.15) is 11.6 Å². The van der Waals surface area contributed by atoms with Crippen molar-refractivity contribution >= 4 is 22.8 Å². The zero-order chi connectivity index (χ0) is 23.5. The lowest BCUT2D eigenvalue weighted by atomic mass is 10.2. The number of aromatic nitrogens is 6. The summed E-state index contributed by atoms with van der Waals surface area (Å²) in [5.74, 6) is -1.08. The van der Waals surface area contributed by atoms with Crippen LogP contribution in [0, 0.1) is 11.6 Å². The van der Waals surface area contributed by atoms with Crippen molar-refractivity contribution in [3.8, 4) is 11.5 Å². The first-order valence-electron chi connectivity index (χ1n) is 10.6. The monoisotopic (exact) mass is 478 g/mol. The van der Waals surface area contributed by atoms with Gasteiger partial charge in [-0.15, -0.1) is 0 Å². The van der Waals surface area contributed by atoms with Gasteiger partial charge in [0.05, 0.1) is 5.56 Å². The van der Waals surface area contributed by atoms with E-state index >= 15 is 0 Å². The number of aromatic amines is 1. The van der Waals surface area contributed by atoms with Gasteiger partial charge in [-0.1, -0.05) is 18.5 Å². The van der Waals surface area contributed by atoms with Crippen LogP contribution in [0.2, 0.25) is 5.28 Å². The van der Waals surface area contributed by atoms with Crippen LogP contribution in [0.5, 0.6) is 0 Å². The molecule has 4 aromatic rings. The van der Waals surface area contributed by atoms with Crippen LogP contribution >= 0.6 is 11.6 Å². The Bertz CT molecular complexity index is 1410. The molecule has 1 aromatic carbocycles. The number of hydrogen-bond donors (Lipinski definition) is 1. The van der Waals surface area contributed by atoms with Crippen LogP contribution in [0.1, 0.15) is 38.4 Å². The van der Waals surface area contributed by atoms with Gasteiger partial charge in [-0.05, 0) is 49.1 Å². The quantitative estimate of drug-likeness (QED) is 0.290. The second-order valence-electron chi connectivity index (χ2n) is 7.57. The first kappa shape index (κ1) is 22.8. The largest absolute Gasteiger partial charge is 0.334 e. The van der Waals surface area contributed by atoms with E-state index in [0.717, 1.165) is 35.6 Å². The third-order valence-corrected chi connectivity index (χ3v) is 5.41. The van der Waals surface area contributed by atoms with Crippen molar-refractivity contribution < 1.29 is 13.3 Å². The summed E-state index contributed by atoms with van der Waals surface area (Å²) in [6.07, 6.45) is 3.01. The van der Waals surface area contributed by atoms with Crippen LogP contribution in [-0.2, 0) is 19.5 Å². The summed E-state index contributed by atoms with van der Waals surface area (Å²) < 4.78 is 34.9. The van der Waals surface area contributed by atoms with Crippen molar-refractivity contribution in [1.82, 2.24) is 29.2 Å². The Kier molecular flexibility index (Phi) is 6.68. The standard InChI is InChI=1S/C21H21ClF2N6O3/c1-2-3-9-29-17-16(26-20(22)27-17)19(31)30(21(29)32)10-5-4-6-15-25-18(33-28-15)13-11-12(23)7-8-14(13)24/h7-8,11H,2-6,9-10H2,1H3,(H,26,27). The fourth-order valence-corrected chi connectivity index (χ4v) is 3.71. The van der Waals surface area contributed by atoms with Gasteiger partial charge in [-0.3, -0.25) is 13.9 Å². The lowest BCUT2D eigenvalue weighted by Gasteiger charge is -2.10. The summed E-state index contributed by atoms with van der Waals surface area (Å²) in [5, 5.41) is 3.85. The van der Waals surface area contributed by atoms with Crippen LogP contribution in [0.25, 0.3) is 22.6 Å². The topological polar surface area (TPSA) is 112 Å². The van der Waals surface area contributed by atoms with Gasteiger partial charge in [0.2, 0.25) is 5.28 Å². The molecule has 0 bridgehead atoms. The van der Waals surface area contributed by atoms with Gasteiger partial charge in [0.15, 0.2) is 17.0 Å². The fraction of sp³-hybridized carbons (Fsp3) is 0.381. The van der Waals surface area contributed by atoms with Gasteiger partial charge in [0.25, 0.3) is 11.4 Å². The Morgan fingerprint density at radius 3 is 2.67 bits per heavy atom. The molecule has 0 fully saturated rings. The summed E-state index contributed by atoms with van der Waals surface area (Å²) in [5.41, 5.74) is -0.586. The van der Waals surface area contributed by atoms with Gasteiger partial charge in [-0.25, -0.2) is 13.6 Å². The number of fused-ring (bicyclic) bond motifs is 1. The number of nitrogens with zero attached hydrogens (tertiary/aromatic N) is 5. The zero-order valence-corrected chi connectivity index (χ0v) is 18.5. The number of rotatable bonds is 9. The summed E-state index contributed by atoms with van der Waals surface area (Å²) in [4.78, 5) is 36.6. The van der Waals surface area contributed by atoms with Crippen LogP contribution in [-0.4, -0.2) is 29.2 Å². The maximum atomic E-state index is 13.9. The molecule has 0 aliphatic carbocycles. The molecule has 4 rings (SSSR count). The number of unbranched alkanes of at least 4 members (excludes halogenated alkanes) is 2. The van der Waals surface area contributed by atoms with Crippen LogP contribution < -0.4 is 11.2 Å². The second kappa shape index (κ2) is 9.65. The van der Waals surface area contributed by atoms with Crippen LogP contribution in [0.4, 0.5) is 8.78 Å². The Labute approximate surface area is 191 Å². The SMILES string of the molecule is CCCCn1c(=O)n(CCCCc2noc(-c3cc(F)ccc3F)n2)c(=O)c2[nH]c(Cl)nc21. The molecule has 3 aromatic heterocycles. The summed E-state index contributed by atoms with van der Waals surface area (Å²) in [6, 6.07) is 2.98. The van der Waals surface area contributed by atoms with Gasteiger partial charge in [0, 0.05) is 19.5 Å². The van der Waals surface area contributed by atoms with E-state index in [4.69, 9.17) is 16.1 Å². The summed E-state index contributed by atoms with van der Waals surface area (Å²) in [7, 11) is 0. The molecule has 0 amide bonds. The summed E-state index contributed by atoms with van der Waals surface area (Å²) in [6.45, 7) is 2.61. The third-order valence-electron chi connectivity index (χ3n) is 5.23. The normalized spacial score (nSPS) is 11.5. The average molecular weight is 479 g/mol. The van der Waals surface area contributed by atoms with E-state index in [1.165, 1.54) is 4.57 Å². The molecule has 0 saturated carbocycles. The number of H-pyrrole nitrogens is 1. The molecule has 0 radical (unpaired) electrons. The highest BCUT2D eigenvalue weighted by Gasteiger charge is 2.17. The minimum absolute atomic E-state index is 0.0483. The molecule has 0 unspecified atom stereocenters. The molecule has 9 nitrogen and oxygen atoms in total. The van der Waals surface area contributed by atoms with Crippen molar-refractivity contribution in [3.63, 3.8) is 0 Å². The number of imidazole rings is 1. The molecule has 0 aliphatic rings. The Morgan fingerprint density at radius 1 is 1.09 bits per heavy atom. The lowest BCUT2D eigenvalue weighted by molar-refractivity contribution is 0.417. The Balaban J connectivity index is 1.47. The fourth-order valence-electron chi connectivity index (χ4n) is 3.53. The Hall–Kier alpha value is -3.34. The van der Waals surface area contributed by atoms with Gasteiger partial charge >= 0.3 is 5.69 Å². The van der Waals surface area contributed by atoms with E-state index < -0.39 is 22.9 Å². The van der Waals surface area contributed by atoms with Gasteiger partial charge in [-0.2, -0.15) is 9.97 Å².